The number of esters is 1. The fourth-order valence-corrected chi connectivity index (χ4v) is 3.29. The molecule has 0 saturated carbocycles. The van der Waals surface area contributed by atoms with Crippen LogP contribution in [0.3, 0.4) is 0 Å². The molecule has 0 spiro atoms. The van der Waals surface area contributed by atoms with Crippen molar-refractivity contribution in [3.63, 3.8) is 0 Å². The highest BCUT2D eigenvalue weighted by Gasteiger charge is 2.43. The predicted molar refractivity (Wildman–Crippen MR) is 105 cm³/mol. The van der Waals surface area contributed by atoms with Crippen LogP contribution >= 0.6 is 0 Å². The Hall–Kier alpha value is -3.12. The SMILES string of the molecule is CO/C=C(\C)C(C(=O)OC(c1ccccc1)c1ccccc1)N1CC(N)C1=O. The minimum Gasteiger partial charge on any atom is -0.504 e. The van der Waals surface area contributed by atoms with Crippen molar-refractivity contribution in [2.24, 2.45) is 5.73 Å². The Morgan fingerprint density at radius 2 is 1.64 bits per heavy atom. The van der Waals surface area contributed by atoms with Crippen molar-refractivity contribution in [1.29, 1.82) is 0 Å². The number of benzene rings is 2. The fraction of sp³-hybridized carbons (Fsp3) is 0.273. The molecule has 0 aliphatic carbocycles. The van der Waals surface area contributed by atoms with Crippen molar-refractivity contribution in [1.82, 2.24) is 4.90 Å². The van der Waals surface area contributed by atoms with Crippen LogP contribution in [0, 0.1) is 0 Å². The van der Waals surface area contributed by atoms with E-state index in [0.29, 0.717) is 12.1 Å². The van der Waals surface area contributed by atoms with E-state index in [4.69, 9.17) is 15.2 Å². The van der Waals surface area contributed by atoms with Gasteiger partial charge in [-0.05, 0) is 23.6 Å². The summed E-state index contributed by atoms with van der Waals surface area (Å²) < 4.78 is 11.0. The van der Waals surface area contributed by atoms with Gasteiger partial charge in [0.15, 0.2) is 12.1 Å². The second kappa shape index (κ2) is 8.71. The van der Waals surface area contributed by atoms with Gasteiger partial charge in [-0.1, -0.05) is 60.7 Å². The summed E-state index contributed by atoms with van der Waals surface area (Å²) >= 11 is 0. The second-order valence-corrected chi connectivity index (χ2v) is 6.74. The number of β-lactam (4-membered cyclic amide) rings is 1. The van der Waals surface area contributed by atoms with Crippen LogP contribution in [-0.2, 0) is 19.1 Å². The maximum Gasteiger partial charge on any atom is 0.334 e. The number of rotatable bonds is 7. The molecule has 1 amide bonds. The number of likely N-dealkylation sites (tertiary alicyclic amines) is 1. The molecule has 2 unspecified atom stereocenters. The summed E-state index contributed by atoms with van der Waals surface area (Å²) in [6.07, 6.45) is 0.862. The van der Waals surface area contributed by atoms with Crippen LogP contribution in [0.5, 0.6) is 0 Å². The number of carbonyl (C=O) groups excluding carboxylic acids is 2. The lowest BCUT2D eigenvalue weighted by Gasteiger charge is -2.41. The average Bonchev–Trinajstić information content (AvgIpc) is 2.73. The molecule has 1 saturated heterocycles. The van der Waals surface area contributed by atoms with Crippen molar-refractivity contribution in [2.75, 3.05) is 13.7 Å². The number of carbonyl (C=O) groups is 2. The first kappa shape index (κ1) is 19.6. The van der Waals surface area contributed by atoms with Gasteiger partial charge in [0.2, 0.25) is 5.91 Å². The van der Waals surface area contributed by atoms with Gasteiger partial charge in [0, 0.05) is 6.54 Å². The number of amides is 1. The van der Waals surface area contributed by atoms with Crippen molar-refractivity contribution >= 4 is 11.9 Å². The van der Waals surface area contributed by atoms with Gasteiger partial charge in [-0.2, -0.15) is 0 Å². The third kappa shape index (κ3) is 4.07. The number of hydrogen-bond donors (Lipinski definition) is 1. The van der Waals surface area contributed by atoms with E-state index in [1.54, 1.807) is 6.92 Å². The quantitative estimate of drug-likeness (QED) is 0.453. The van der Waals surface area contributed by atoms with Crippen LogP contribution < -0.4 is 5.73 Å². The van der Waals surface area contributed by atoms with Gasteiger partial charge >= 0.3 is 5.97 Å². The lowest BCUT2D eigenvalue weighted by molar-refractivity contribution is -0.162. The lowest BCUT2D eigenvalue weighted by Crippen LogP contribution is -2.66. The Bertz CT molecular complexity index is 812. The second-order valence-electron chi connectivity index (χ2n) is 6.74. The van der Waals surface area contributed by atoms with Gasteiger partial charge in [0.05, 0.1) is 13.4 Å². The zero-order valence-electron chi connectivity index (χ0n) is 15.9. The number of nitrogens with zero attached hydrogens (tertiary/aromatic N) is 1. The molecule has 0 radical (unpaired) electrons. The molecule has 146 valence electrons. The van der Waals surface area contributed by atoms with Gasteiger partial charge in [0.1, 0.15) is 6.04 Å². The van der Waals surface area contributed by atoms with E-state index in [9.17, 15) is 9.59 Å². The standard InChI is InChI=1S/C22H24N2O4/c1-15(14-27-2)19(24-13-18(23)21(24)25)22(26)28-20(16-9-5-3-6-10-16)17-11-7-4-8-12-17/h3-12,14,18-20H,13,23H2,1-2H3/b15-14+. The van der Waals surface area contributed by atoms with Crippen LogP contribution in [-0.4, -0.2) is 42.5 Å². The third-order valence-electron chi connectivity index (χ3n) is 4.70. The number of methoxy groups -OCH3 is 1. The van der Waals surface area contributed by atoms with Gasteiger partial charge in [-0.25, -0.2) is 4.79 Å². The zero-order valence-corrected chi connectivity index (χ0v) is 15.9. The van der Waals surface area contributed by atoms with Gasteiger partial charge in [-0.3, -0.25) is 4.79 Å². The number of nitrogens with two attached hydrogens (primary N) is 1. The molecule has 2 aromatic rings. The fourth-order valence-electron chi connectivity index (χ4n) is 3.29. The largest absolute Gasteiger partial charge is 0.504 e. The molecule has 2 N–H and O–H groups in total. The van der Waals surface area contributed by atoms with Crippen LogP contribution in [0.2, 0.25) is 0 Å². The molecular weight excluding hydrogens is 356 g/mol. The van der Waals surface area contributed by atoms with Crippen molar-refractivity contribution in [3.05, 3.63) is 83.6 Å². The Labute approximate surface area is 164 Å². The molecule has 2 atom stereocenters. The van der Waals surface area contributed by atoms with E-state index in [-0.39, 0.29) is 5.91 Å². The molecule has 0 aromatic heterocycles. The molecule has 6 nitrogen and oxygen atoms in total. The number of hydrogen-bond acceptors (Lipinski definition) is 5. The van der Waals surface area contributed by atoms with Crippen molar-refractivity contribution in [2.45, 2.75) is 25.1 Å². The monoisotopic (exact) mass is 380 g/mol. The molecule has 28 heavy (non-hydrogen) atoms. The molecule has 1 fully saturated rings. The molecular formula is C22H24N2O4. The Morgan fingerprint density at radius 3 is 2.07 bits per heavy atom. The van der Waals surface area contributed by atoms with Crippen molar-refractivity contribution < 1.29 is 19.1 Å². The van der Waals surface area contributed by atoms with Gasteiger partial charge < -0.3 is 20.1 Å². The van der Waals surface area contributed by atoms with Gasteiger partial charge in [-0.15, -0.1) is 0 Å². The van der Waals surface area contributed by atoms with E-state index in [2.05, 4.69) is 0 Å². The first-order chi connectivity index (χ1) is 13.5. The molecule has 6 heteroatoms. The molecule has 1 heterocycles. The summed E-state index contributed by atoms with van der Waals surface area (Å²) in [6, 6.07) is 17.6. The minimum atomic E-state index is -0.873. The summed E-state index contributed by atoms with van der Waals surface area (Å²) in [5, 5.41) is 0. The minimum absolute atomic E-state index is 0.276. The van der Waals surface area contributed by atoms with E-state index in [1.165, 1.54) is 18.3 Å². The summed E-state index contributed by atoms with van der Waals surface area (Å²) in [5.41, 5.74) is 7.99. The first-order valence-corrected chi connectivity index (χ1v) is 9.09. The summed E-state index contributed by atoms with van der Waals surface area (Å²) in [7, 11) is 1.49. The van der Waals surface area contributed by atoms with E-state index in [1.807, 2.05) is 60.7 Å². The molecule has 0 bridgehead atoms. The summed E-state index contributed by atoms with van der Waals surface area (Å²) in [5.74, 6) is -0.800. The molecule has 3 rings (SSSR count). The molecule has 1 aliphatic rings. The van der Waals surface area contributed by atoms with Crippen LogP contribution in [0.15, 0.2) is 72.5 Å². The Kier molecular flexibility index (Phi) is 6.11. The maximum absolute atomic E-state index is 13.1. The Balaban J connectivity index is 1.91. The van der Waals surface area contributed by atoms with Crippen LogP contribution in [0.4, 0.5) is 0 Å². The highest BCUT2D eigenvalue weighted by molar-refractivity contribution is 5.93. The van der Waals surface area contributed by atoms with E-state index >= 15 is 0 Å². The lowest BCUT2D eigenvalue weighted by atomic mass is 9.99. The smallest absolute Gasteiger partial charge is 0.334 e. The zero-order chi connectivity index (χ0) is 20.1. The highest BCUT2D eigenvalue weighted by Crippen LogP contribution is 2.29. The van der Waals surface area contributed by atoms with E-state index in [0.717, 1.165) is 11.1 Å². The number of ether oxygens (including phenoxy) is 2. The predicted octanol–water partition coefficient (Wildman–Crippen LogP) is 2.41. The highest BCUT2D eigenvalue weighted by atomic mass is 16.5. The van der Waals surface area contributed by atoms with Gasteiger partial charge in [0.25, 0.3) is 0 Å². The van der Waals surface area contributed by atoms with Crippen LogP contribution in [0.1, 0.15) is 24.2 Å². The Morgan fingerprint density at radius 1 is 1.11 bits per heavy atom. The maximum atomic E-state index is 13.1. The molecule has 1 aliphatic heterocycles. The normalized spacial score (nSPS) is 17.9. The average molecular weight is 380 g/mol. The van der Waals surface area contributed by atoms with Crippen molar-refractivity contribution in [3.8, 4) is 0 Å². The van der Waals surface area contributed by atoms with E-state index < -0.39 is 24.2 Å². The summed E-state index contributed by atoms with van der Waals surface area (Å²) in [6.45, 7) is 2.03. The third-order valence-corrected chi connectivity index (χ3v) is 4.70. The first-order valence-electron chi connectivity index (χ1n) is 9.09. The van der Waals surface area contributed by atoms with Crippen LogP contribution in [0.25, 0.3) is 0 Å². The summed E-state index contributed by atoms with van der Waals surface area (Å²) in [4.78, 5) is 26.7. The molecule has 2 aromatic carbocycles. The topological polar surface area (TPSA) is 81.9 Å².